The predicted molar refractivity (Wildman–Crippen MR) is 93.9 cm³/mol. The number of rotatable bonds is 2. The standard InChI is InChI=1S/C20H18F6O3/c1-9-13(8-14(18(2,3)4)16(27)15(9)17(28)29)10-5-11(19(21,22)23)7-12(6-10)20(24,25)26/h5-8,27H,1-4H3,(H,28,29). The van der Waals surface area contributed by atoms with Crippen molar-refractivity contribution in [2.45, 2.75) is 45.5 Å². The monoisotopic (exact) mass is 420 g/mol. The predicted octanol–water partition coefficient (Wildman–Crippen LogP) is 6.40. The zero-order valence-corrected chi connectivity index (χ0v) is 15.9. The Morgan fingerprint density at radius 1 is 0.862 bits per heavy atom. The Labute approximate surface area is 162 Å². The molecule has 2 aromatic rings. The maximum atomic E-state index is 13.2. The largest absolute Gasteiger partial charge is 0.507 e. The number of phenols is 1. The number of halogens is 6. The first kappa shape index (κ1) is 22.6. The Kier molecular flexibility index (Phi) is 5.42. The third-order valence-corrected chi connectivity index (χ3v) is 4.48. The number of aromatic carboxylic acids is 1. The van der Waals surface area contributed by atoms with Crippen LogP contribution in [0.3, 0.4) is 0 Å². The molecule has 3 nitrogen and oxygen atoms in total. The van der Waals surface area contributed by atoms with Gasteiger partial charge in [-0.2, -0.15) is 26.3 Å². The summed E-state index contributed by atoms with van der Waals surface area (Å²) in [6.07, 6.45) is -10.1. The smallest absolute Gasteiger partial charge is 0.416 e. The van der Waals surface area contributed by atoms with Crippen LogP contribution >= 0.6 is 0 Å². The van der Waals surface area contributed by atoms with Crippen LogP contribution in [0.25, 0.3) is 11.1 Å². The van der Waals surface area contributed by atoms with E-state index in [-0.39, 0.29) is 22.8 Å². The van der Waals surface area contributed by atoms with Crippen LogP contribution in [0.1, 0.15) is 53.4 Å². The summed E-state index contributed by atoms with van der Waals surface area (Å²) >= 11 is 0. The van der Waals surface area contributed by atoms with Gasteiger partial charge in [0.15, 0.2) is 0 Å². The second kappa shape index (κ2) is 6.96. The van der Waals surface area contributed by atoms with Gasteiger partial charge >= 0.3 is 18.3 Å². The SMILES string of the molecule is Cc1c(-c2cc(C(F)(F)F)cc(C(F)(F)F)c2)cc(C(C)(C)C)c(O)c1C(=O)O. The van der Waals surface area contributed by atoms with Gasteiger partial charge in [0.05, 0.1) is 11.1 Å². The molecular weight excluding hydrogens is 402 g/mol. The second-order valence-electron chi connectivity index (χ2n) is 7.67. The molecule has 0 aliphatic carbocycles. The highest BCUT2D eigenvalue weighted by Crippen LogP contribution is 2.43. The molecule has 158 valence electrons. The van der Waals surface area contributed by atoms with E-state index in [4.69, 9.17) is 0 Å². The van der Waals surface area contributed by atoms with Crippen LogP contribution in [-0.2, 0) is 17.8 Å². The van der Waals surface area contributed by atoms with Crippen LogP contribution < -0.4 is 0 Å². The molecule has 0 aliphatic heterocycles. The molecule has 9 heteroatoms. The highest BCUT2D eigenvalue weighted by Gasteiger charge is 2.37. The fraction of sp³-hybridized carbons (Fsp3) is 0.350. The van der Waals surface area contributed by atoms with Gasteiger partial charge in [-0.15, -0.1) is 0 Å². The summed E-state index contributed by atoms with van der Waals surface area (Å²) in [6.45, 7) is 6.10. The minimum absolute atomic E-state index is 0.00201. The van der Waals surface area contributed by atoms with E-state index >= 15 is 0 Å². The fourth-order valence-electron chi connectivity index (χ4n) is 3.01. The van der Waals surface area contributed by atoms with Crippen molar-refractivity contribution in [3.05, 3.63) is 52.1 Å². The molecule has 0 radical (unpaired) electrons. The summed E-state index contributed by atoms with van der Waals surface area (Å²) in [7, 11) is 0. The van der Waals surface area contributed by atoms with Gasteiger partial charge < -0.3 is 10.2 Å². The Morgan fingerprint density at radius 3 is 1.66 bits per heavy atom. The van der Waals surface area contributed by atoms with E-state index in [1.54, 1.807) is 20.8 Å². The summed E-state index contributed by atoms with van der Waals surface area (Å²) in [5.74, 6) is -2.12. The number of alkyl halides is 6. The van der Waals surface area contributed by atoms with Gasteiger partial charge in [0, 0.05) is 5.56 Å². The molecule has 0 bridgehead atoms. The lowest BCUT2D eigenvalue weighted by Crippen LogP contribution is -2.15. The van der Waals surface area contributed by atoms with Crippen molar-refractivity contribution < 1.29 is 41.4 Å². The van der Waals surface area contributed by atoms with Crippen molar-refractivity contribution in [3.63, 3.8) is 0 Å². The lowest BCUT2D eigenvalue weighted by molar-refractivity contribution is -0.143. The minimum Gasteiger partial charge on any atom is -0.507 e. The van der Waals surface area contributed by atoms with Crippen molar-refractivity contribution in [3.8, 4) is 16.9 Å². The first-order valence-electron chi connectivity index (χ1n) is 8.34. The van der Waals surface area contributed by atoms with Crippen molar-refractivity contribution in [1.29, 1.82) is 0 Å². The number of carbonyl (C=O) groups is 1. The third kappa shape index (κ3) is 4.49. The van der Waals surface area contributed by atoms with E-state index in [1.807, 2.05) is 0 Å². The molecule has 0 amide bonds. The molecule has 2 N–H and O–H groups in total. The van der Waals surface area contributed by atoms with Gasteiger partial charge in [-0.3, -0.25) is 0 Å². The summed E-state index contributed by atoms with van der Waals surface area (Å²) in [4.78, 5) is 11.6. The van der Waals surface area contributed by atoms with Crippen LogP contribution in [-0.4, -0.2) is 16.2 Å². The Hall–Kier alpha value is -2.71. The van der Waals surface area contributed by atoms with E-state index in [2.05, 4.69) is 0 Å². The molecule has 0 heterocycles. The van der Waals surface area contributed by atoms with Gasteiger partial charge in [0.2, 0.25) is 0 Å². The fourth-order valence-corrected chi connectivity index (χ4v) is 3.01. The van der Waals surface area contributed by atoms with Crippen molar-refractivity contribution >= 4 is 5.97 Å². The van der Waals surface area contributed by atoms with Gasteiger partial charge in [0.25, 0.3) is 0 Å². The van der Waals surface area contributed by atoms with Crippen molar-refractivity contribution in [1.82, 2.24) is 0 Å². The number of carboxylic acid groups (broad SMARTS) is 1. The number of carboxylic acids is 1. The minimum atomic E-state index is -5.04. The lowest BCUT2D eigenvalue weighted by atomic mass is 9.81. The zero-order chi connectivity index (χ0) is 22.5. The summed E-state index contributed by atoms with van der Waals surface area (Å²) in [5, 5.41) is 19.8. The third-order valence-electron chi connectivity index (χ3n) is 4.48. The Bertz CT molecular complexity index is 934. The average Bonchev–Trinajstić information content (AvgIpc) is 2.51. The molecule has 0 unspecified atom stereocenters. The van der Waals surface area contributed by atoms with E-state index in [1.165, 1.54) is 13.0 Å². The molecule has 0 atom stereocenters. The topological polar surface area (TPSA) is 57.5 Å². The van der Waals surface area contributed by atoms with E-state index in [0.29, 0.717) is 12.1 Å². The van der Waals surface area contributed by atoms with Gasteiger partial charge in [0.1, 0.15) is 11.3 Å². The first-order chi connectivity index (χ1) is 12.9. The van der Waals surface area contributed by atoms with E-state index in [0.717, 1.165) is 0 Å². The normalized spacial score (nSPS) is 12.9. The van der Waals surface area contributed by atoms with Crippen LogP contribution in [0.2, 0.25) is 0 Å². The highest BCUT2D eigenvalue weighted by molar-refractivity contribution is 5.96. The van der Waals surface area contributed by atoms with E-state index in [9.17, 15) is 41.4 Å². The molecule has 0 aliphatic rings. The summed E-state index contributed by atoms with van der Waals surface area (Å²) in [5.41, 5.74) is -5.06. The highest BCUT2D eigenvalue weighted by atomic mass is 19.4. The number of aromatic hydroxyl groups is 1. The molecular formula is C20H18F6O3. The van der Waals surface area contributed by atoms with Crippen LogP contribution in [0.15, 0.2) is 24.3 Å². The molecule has 0 fully saturated rings. The zero-order valence-electron chi connectivity index (χ0n) is 15.9. The van der Waals surface area contributed by atoms with Gasteiger partial charge in [-0.05, 0) is 53.3 Å². The van der Waals surface area contributed by atoms with Crippen LogP contribution in [0.5, 0.6) is 5.75 Å². The molecule has 2 rings (SSSR count). The van der Waals surface area contributed by atoms with Crippen molar-refractivity contribution in [2.75, 3.05) is 0 Å². The Balaban J connectivity index is 2.97. The molecule has 0 spiro atoms. The second-order valence-corrected chi connectivity index (χ2v) is 7.67. The average molecular weight is 420 g/mol. The quantitative estimate of drug-likeness (QED) is 0.553. The van der Waals surface area contributed by atoms with Crippen molar-refractivity contribution in [2.24, 2.45) is 0 Å². The van der Waals surface area contributed by atoms with Crippen LogP contribution in [0, 0.1) is 6.92 Å². The Morgan fingerprint density at radius 2 is 1.31 bits per heavy atom. The molecule has 0 aromatic heterocycles. The number of hydrogen-bond acceptors (Lipinski definition) is 2. The van der Waals surface area contributed by atoms with Crippen LogP contribution in [0.4, 0.5) is 26.3 Å². The van der Waals surface area contributed by atoms with Gasteiger partial charge in [-0.25, -0.2) is 4.79 Å². The molecule has 2 aromatic carbocycles. The lowest BCUT2D eigenvalue weighted by Gasteiger charge is -2.25. The number of benzene rings is 2. The summed E-state index contributed by atoms with van der Waals surface area (Å²) < 4.78 is 79.1. The van der Waals surface area contributed by atoms with Gasteiger partial charge in [-0.1, -0.05) is 20.8 Å². The molecule has 29 heavy (non-hydrogen) atoms. The number of hydrogen-bond donors (Lipinski definition) is 2. The molecule has 0 saturated heterocycles. The maximum Gasteiger partial charge on any atom is 0.416 e. The molecule has 0 saturated carbocycles. The van der Waals surface area contributed by atoms with E-state index < -0.39 is 51.7 Å². The first-order valence-corrected chi connectivity index (χ1v) is 8.34. The maximum absolute atomic E-state index is 13.2. The summed E-state index contributed by atoms with van der Waals surface area (Å²) in [6, 6.07) is 2.30.